The standard InChI is InChI=1S/C30H20N4O4S2/c35-28(22-7-3-1-4-8-22)34-40(36,37)25-17-15-23(16-18-25)29-32-27(33-38-29)21-13-11-20(12-14-21)26-19-39-30(31-26)24-9-5-2-6-10-24/h1-19H,(H,34,35). The summed E-state index contributed by atoms with van der Waals surface area (Å²) in [6, 6.07) is 31.8. The van der Waals surface area contributed by atoms with Gasteiger partial charge in [0.25, 0.3) is 21.8 Å². The van der Waals surface area contributed by atoms with Gasteiger partial charge < -0.3 is 4.52 Å². The van der Waals surface area contributed by atoms with Gasteiger partial charge in [0.2, 0.25) is 5.82 Å². The van der Waals surface area contributed by atoms with Crippen molar-refractivity contribution in [1.82, 2.24) is 19.8 Å². The third-order valence-electron chi connectivity index (χ3n) is 6.06. The highest BCUT2D eigenvalue weighted by Gasteiger charge is 2.19. The zero-order valence-electron chi connectivity index (χ0n) is 20.8. The maximum Gasteiger partial charge on any atom is 0.264 e. The van der Waals surface area contributed by atoms with E-state index in [1.807, 2.05) is 60.0 Å². The van der Waals surface area contributed by atoms with Crippen LogP contribution >= 0.6 is 11.3 Å². The number of thiazole rings is 1. The number of sulfonamides is 1. The van der Waals surface area contributed by atoms with Gasteiger partial charge in [0.15, 0.2) is 0 Å². The van der Waals surface area contributed by atoms with Crippen molar-refractivity contribution >= 4 is 27.3 Å². The first-order valence-corrected chi connectivity index (χ1v) is 14.5. The first-order chi connectivity index (χ1) is 19.5. The largest absolute Gasteiger partial charge is 0.334 e. The van der Waals surface area contributed by atoms with E-state index < -0.39 is 15.9 Å². The molecular formula is C30H20N4O4S2. The number of hydrogen-bond acceptors (Lipinski definition) is 8. The van der Waals surface area contributed by atoms with Crippen molar-refractivity contribution in [3.05, 3.63) is 120 Å². The smallest absolute Gasteiger partial charge is 0.264 e. The van der Waals surface area contributed by atoms with Crippen LogP contribution in [0.3, 0.4) is 0 Å². The molecule has 0 atom stereocenters. The highest BCUT2D eigenvalue weighted by Crippen LogP contribution is 2.30. The van der Waals surface area contributed by atoms with E-state index in [1.54, 1.807) is 41.7 Å². The van der Waals surface area contributed by atoms with Crippen molar-refractivity contribution < 1.29 is 17.7 Å². The molecule has 0 saturated carbocycles. The van der Waals surface area contributed by atoms with Crippen molar-refractivity contribution in [1.29, 1.82) is 0 Å². The monoisotopic (exact) mass is 564 g/mol. The van der Waals surface area contributed by atoms with E-state index in [9.17, 15) is 13.2 Å². The number of benzene rings is 4. The van der Waals surface area contributed by atoms with Crippen molar-refractivity contribution in [3.8, 4) is 44.7 Å². The minimum absolute atomic E-state index is 0.0617. The van der Waals surface area contributed by atoms with E-state index in [2.05, 4.69) is 14.9 Å². The fraction of sp³-hybridized carbons (Fsp3) is 0. The van der Waals surface area contributed by atoms with Gasteiger partial charge in [0.1, 0.15) is 5.01 Å². The Hall–Kier alpha value is -4.93. The summed E-state index contributed by atoms with van der Waals surface area (Å²) in [5, 5.41) is 7.06. The topological polar surface area (TPSA) is 115 Å². The number of carbonyl (C=O) groups is 1. The zero-order valence-corrected chi connectivity index (χ0v) is 22.4. The number of carbonyl (C=O) groups excluding carboxylic acids is 1. The van der Waals surface area contributed by atoms with E-state index in [0.717, 1.165) is 27.4 Å². The van der Waals surface area contributed by atoms with Crippen LogP contribution < -0.4 is 4.72 Å². The first-order valence-electron chi connectivity index (χ1n) is 12.1. The molecular weight excluding hydrogens is 544 g/mol. The predicted octanol–water partition coefficient (Wildman–Crippen LogP) is 6.31. The molecule has 10 heteroatoms. The summed E-state index contributed by atoms with van der Waals surface area (Å²) >= 11 is 1.59. The minimum atomic E-state index is -4.06. The quantitative estimate of drug-likeness (QED) is 0.241. The van der Waals surface area contributed by atoms with Crippen molar-refractivity contribution in [2.24, 2.45) is 0 Å². The Morgan fingerprint density at radius 3 is 2.02 bits per heavy atom. The number of rotatable bonds is 7. The summed E-state index contributed by atoms with van der Waals surface area (Å²) in [5.74, 6) is -0.0661. The summed E-state index contributed by atoms with van der Waals surface area (Å²) < 4.78 is 32.8. The van der Waals surface area contributed by atoms with Crippen LogP contribution in [0.25, 0.3) is 44.7 Å². The lowest BCUT2D eigenvalue weighted by Crippen LogP contribution is -2.30. The Labute approximate surface area is 234 Å². The predicted molar refractivity (Wildman–Crippen MR) is 153 cm³/mol. The summed E-state index contributed by atoms with van der Waals surface area (Å²) in [6.07, 6.45) is 0. The fourth-order valence-electron chi connectivity index (χ4n) is 3.97. The second-order valence-corrected chi connectivity index (χ2v) is 11.3. The minimum Gasteiger partial charge on any atom is -0.334 e. The lowest BCUT2D eigenvalue weighted by molar-refractivity contribution is 0.0981. The average Bonchev–Trinajstić information content (AvgIpc) is 3.69. The molecule has 2 heterocycles. The highest BCUT2D eigenvalue weighted by atomic mass is 32.2. The molecule has 6 aromatic rings. The molecule has 40 heavy (non-hydrogen) atoms. The molecule has 0 bridgehead atoms. The molecule has 0 radical (unpaired) electrons. The van der Waals surface area contributed by atoms with Gasteiger partial charge in [-0.3, -0.25) is 4.79 Å². The van der Waals surface area contributed by atoms with Gasteiger partial charge in [-0.25, -0.2) is 18.1 Å². The van der Waals surface area contributed by atoms with Gasteiger partial charge >= 0.3 is 0 Å². The Morgan fingerprint density at radius 2 is 1.32 bits per heavy atom. The van der Waals surface area contributed by atoms with Crippen molar-refractivity contribution in [3.63, 3.8) is 0 Å². The molecule has 4 aromatic carbocycles. The summed E-state index contributed by atoms with van der Waals surface area (Å²) in [5.41, 5.74) is 4.50. The molecule has 0 aliphatic carbocycles. The Balaban J connectivity index is 1.15. The van der Waals surface area contributed by atoms with Crippen LogP contribution in [-0.4, -0.2) is 29.4 Å². The normalized spacial score (nSPS) is 11.3. The van der Waals surface area contributed by atoms with Crippen LogP contribution in [0, 0.1) is 0 Å². The van der Waals surface area contributed by atoms with Crippen LogP contribution in [0.15, 0.2) is 124 Å². The molecule has 6 rings (SSSR count). The maximum atomic E-state index is 12.7. The zero-order chi connectivity index (χ0) is 27.5. The molecule has 0 aliphatic rings. The van der Waals surface area contributed by atoms with Crippen molar-refractivity contribution in [2.45, 2.75) is 4.90 Å². The van der Waals surface area contributed by atoms with E-state index in [4.69, 9.17) is 9.51 Å². The van der Waals surface area contributed by atoms with E-state index in [-0.39, 0.29) is 16.3 Å². The Kier molecular flexibility index (Phi) is 6.77. The summed E-state index contributed by atoms with van der Waals surface area (Å²) in [4.78, 5) is 21.5. The number of hydrogen-bond donors (Lipinski definition) is 1. The fourth-order valence-corrected chi connectivity index (χ4v) is 5.78. The van der Waals surface area contributed by atoms with Gasteiger partial charge in [-0.05, 0) is 36.4 Å². The summed E-state index contributed by atoms with van der Waals surface area (Å²) in [6.45, 7) is 0. The molecule has 196 valence electrons. The molecule has 0 saturated heterocycles. The molecule has 1 N–H and O–H groups in total. The van der Waals surface area contributed by atoms with Gasteiger partial charge in [0.05, 0.1) is 10.6 Å². The van der Waals surface area contributed by atoms with E-state index in [0.29, 0.717) is 11.4 Å². The second kappa shape index (κ2) is 10.7. The van der Waals surface area contributed by atoms with E-state index >= 15 is 0 Å². The molecule has 1 amide bonds. The molecule has 0 fully saturated rings. The number of nitrogens with zero attached hydrogens (tertiary/aromatic N) is 3. The van der Waals surface area contributed by atoms with Crippen LogP contribution in [-0.2, 0) is 10.0 Å². The van der Waals surface area contributed by atoms with E-state index in [1.165, 1.54) is 24.3 Å². The third kappa shape index (κ3) is 5.31. The summed E-state index contributed by atoms with van der Waals surface area (Å²) in [7, 11) is -4.06. The van der Waals surface area contributed by atoms with Gasteiger partial charge in [0, 0.05) is 33.2 Å². The highest BCUT2D eigenvalue weighted by molar-refractivity contribution is 7.90. The first kappa shape index (κ1) is 25.4. The van der Waals surface area contributed by atoms with Gasteiger partial charge in [-0.1, -0.05) is 78.0 Å². The molecule has 0 aliphatic heterocycles. The third-order valence-corrected chi connectivity index (χ3v) is 8.30. The average molecular weight is 565 g/mol. The van der Waals surface area contributed by atoms with Crippen LogP contribution in [0.1, 0.15) is 10.4 Å². The molecule has 2 aromatic heterocycles. The Bertz CT molecular complexity index is 1880. The SMILES string of the molecule is O=C(NS(=O)(=O)c1ccc(-c2nc(-c3ccc(-c4csc(-c5ccccc5)n4)cc3)no2)cc1)c1ccccc1. The maximum absolute atomic E-state index is 12.7. The number of aromatic nitrogens is 3. The number of nitrogens with one attached hydrogen (secondary N) is 1. The van der Waals surface area contributed by atoms with Crippen molar-refractivity contribution in [2.75, 3.05) is 0 Å². The molecule has 8 nitrogen and oxygen atoms in total. The lowest BCUT2D eigenvalue weighted by atomic mass is 10.1. The second-order valence-electron chi connectivity index (χ2n) is 8.73. The Morgan fingerprint density at radius 1 is 0.700 bits per heavy atom. The van der Waals surface area contributed by atoms with Gasteiger partial charge in [-0.2, -0.15) is 4.98 Å². The lowest BCUT2D eigenvalue weighted by Gasteiger charge is -2.07. The van der Waals surface area contributed by atoms with Crippen LogP contribution in [0.5, 0.6) is 0 Å². The molecule has 0 unspecified atom stereocenters. The molecule has 0 spiro atoms. The van der Waals surface area contributed by atoms with Crippen LogP contribution in [0.2, 0.25) is 0 Å². The number of amides is 1. The van der Waals surface area contributed by atoms with Gasteiger partial charge in [-0.15, -0.1) is 11.3 Å². The van der Waals surface area contributed by atoms with Crippen LogP contribution in [0.4, 0.5) is 0 Å².